The third kappa shape index (κ3) is 13.4. The zero-order valence-corrected chi connectivity index (χ0v) is 51.3. The Bertz CT molecular complexity index is 3770. The Morgan fingerprint density at radius 2 is 1.26 bits per heavy atom. The Morgan fingerprint density at radius 3 is 1.97 bits per heavy atom. The maximum absolute atomic E-state index is 17.6. The third-order valence-corrected chi connectivity index (χ3v) is 16.8. The highest BCUT2D eigenvalue weighted by Crippen LogP contribution is 2.51. The molecule has 6 aromatic rings. The van der Waals surface area contributed by atoms with E-state index in [1.165, 1.54) is 6.07 Å². The maximum atomic E-state index is 17.6. The summed E-state index contributed by atoms with van der Waals surface area (Å²) in [6, 6.07) is 10.4. The smallest absolute Gasteiger partial charge is 0.229 e. The molecule has 0 spiro atoms. The van der Waals surface area contributed by atoms with Crippen LogP contribution in [0.1, 0.15) is 78.4 Å². The summed E-state index contributed by atoms with van der Waals surface area (Å²) in [6.45, 7) is 7.92. The second-order valence-electron chi connectivity index (χ2n) is 23.0. The van der Waals surface area contributed by atoms with Gasteiger partial charge in [0.2, 0.25) is 17.8 Å². The van der Waals surface area contributed by atoms with Gasteiger partial charge in [0.1, 0.15) is 49.1 Å². The molecule has 26 heteroatoms. The van der Waals surface area contributed by atoms with Gasteiger partial charge in [-0.05, 0) is 63.1 Å². The number of aryl methyl sites for hydroxylation is 1. The Labute approximate surface area is 519 Å². The van der Waals surface area contributed by atoms with E-state index in [9.17, 15) is 10.2 Å². The molecule has 0 amide bonds. The van der Waals surface area contributed by atoms with E-state index in [0.717, 1.165) is 24.1 Å². The van der Waals surface area contributed by atoms with E-state index in [-0.39, 0.29) is 78.9 Å². The second-order valence-corrected chi connectivity index (χ2v) is 23.4. The number of anilines is 9. The van der Waals surface area contributed by atoms with Crippen molar-refractivity contribution in [3.63, 3.8) is 0 Å². The number of benzene rings is 3. The molecule has 0 radical (unpaired) electrons. The van der Waals surface area contributed by atoms with E-state index in [1.54, 1.807) is 51.5 Å². The van der Waals surface area contributed by atoms with Gasteiger partial charge in [0.05, 0.1) is 75.6 Å². The van der Waals surface area contributed by atoms with Crippen LogP contribution in [0.3, 0.4) is 0 Å². The Morgan fingerprint density at radius 1 is 0.674 bits per heavy atom. The van der Waals surface area contributed by atoms with Crippen molar-refractivity contribution in [2.24, 2.45) is 0 Å². The standard InChI is InChI=1S/C63H74ClF2N15O8/c1-33-20-48(67-3)78-60(72-33)76-44-26-42-57(52(55(44)65)34-8-7-15-81(6)16-11-34)85-17-12-63(42,2)88-31-38-25-50(69-5)80-62(74-38)77-45-28-47-59(53(56(45)66)36-10-14-71-30-40(83)22-36)87-32-41(89-47)23-37-24-49(68-4)79-61(73-37)75-43-27-46-58(86-19-18-84-46)51(54(43)64)35-9-13-70-29-39(82)21-35/h9-11,20,24-28,39-41,70-71,82-83H,7-8,12-19,21-23,29-32H2,1-6H3,(H2,67,72,76,78)(H2,68,73,75,79)(H2,69,74,77,80)/t39-,40-,41?,63+/m1/s1. The molecule has 0 bridgehead atoms. The van der Waals surface area contributed by atoms with Crippen LogP contribution in [0.5, 0.6) is 28.7 Å². The van der Waals surface area contributed by atoms with E-state index < -0.39 is 35.5 Å². The van der Waals surface area contributed by atoms with Crippen molar-refractivity contribution in [2.75, 3.05) is 126 Å². The van der Waals surface area contributed by atoms with Crippen LogP contribution in [0.15, 0.2) is 54.6 Å². The molecule has 470 valence electrons. The van der Waals surface area contributed by atoms with Crippen LogP contribution < -0.4 is 66.2 Å². The molecule has 3 aromatic carbocycles. The first kappa shape index (κ1) is 61.1. The predicted molar refractivity (Wildman–Crippen MR) is 338 cm³/mol. The highest BCUT2D eigenvalue weighted by atomic mass is 35.5. The molecule has 6 aliphatic rings. The molecule has 89 heavy (non-hydrogen) atoms. The first-order valence-corrected chi connectivity index (χ1v) is 30.4. The molecule has 10 N–H and O–H groups in total. The SMILES string of the molecule is CNc1cc(CO[C@@]2(C)CCOc3c2cc(Nc2nc(C)cc(NC)n2)c(F)c3C2=CCN(C)CCC2)nc(Nc2cc3c(c(C4=CCNC[C@H](O)C4)c2F)OCC(Cc2cc(NC)nc(Nc4cc5c(c(C6=CCNC[C@H](O)C6)c4Cl)OCCO5)n2)O3)n1. The van der Waals surface area contributed by atoms with Crippen LogP contribution in [0, 0.1) is 18.6 Å². The first-order valence-electron chi connectivity index (χ1n) is 30.0. The lowest BCUT2D eigenvalue weighted by Gasteiger charge is -2.37. The van der Waals surface area contributed by atoms with E-state index in [0.29, 0.717) is 150 Å². The Hall–Kier alpha value is -8.17. The van der Waals surface area contributed by atoms with Crippen molar-refractivity contribution in [1.82, 2.24) is 45.4 Å². The number of hydrogen-bond acceptors (Lipinski definition) is 23. The number of likely N-dealkylation sites (N-methyl/N-ethyl adjacent to an activating group) is 1. The molecule has 0 fully saturated rings. The van der Waals surface area contributed by atoms with Crippen molar-refractivity contribution in [1.29, 1.82) is 0 Å². The van der Waals surface area contributed by atoms with Gasteiger partial charge in [0, 0.05) is 127 Å². The summed E-state index contributed by atoms with van der Waals surface area (Å²) in [4.78, 5) is 30.6. The number of nitrogens with zero attached hydrogens (tertiary/aromatic N) is 7. The number of hydrogen-bond donors (Lipinski definition) is 10. The molecule has 23 nitrogen and oxygen atoms in total. The number of fused-ring (bicyclic) bond motifs is 3. The molecule has 3 aromatic heterocycles. The van der Waals surface area contributed by atoms with Crippen molar-refractivity contribution >= 4 is 80.7 Å². The summed E-state index contributed by atoms with van der Waals surface area (Å²) in [7, 11) is 7.28. The summed E-state index contributed by atoms with van der Waals surface area (Å²) >= 11 is 7.22. The summed E-state index contributed by atoms with van der Waals surface area (Å²) in [5.74, 6) is 2.71. The molecule has 0 saturated heterocycles. The van der Waals surface area contributed by atoms with Crippen molar-refractivity contribution in [3.8, 4) is 28.7 Å². The minimum Gasteiger partial charge on any atom is -0.492 e. The number of halogens is 3. The molecular formula is C63H74ClF2N15O8. The van der Waals surface area contributed by atoms with Crippen molar-refractivity contribution in [3.05, 3.63) is 111 Å². The van der Waals surface area contributed by atoms with Gasteiger partial charge < -0.3 is 86.1 Å². The molecule has 0 saturated carbocycles. The fourth-order valence-corrected chi connectivity index (χ4v) is 12.2. The molecule has 0 aliphatic carbocycles. The van der Waals surface area contributed by atoms with Gasteiger partial charge in [-0.15, -0.1) is 0 Å². The molecule has 1 unspecified atom stereocenters. The van der Waals surface area contributed by atoms with E-state index in [2.05, 4.69) is 63.5 Å². The third-order valence-electron chi connectivity index (χ3n) is 16.4. The van der Waals surface area contributed by atoms with Gasteiger partial charge in [-0.25, -0.2) is 23.7 Å². The van der Waals surface area contributed by atoms with Crippen LogP contribution in [-0.4, -0.2) is 157 Å². The highest BCUT2D eigenvalue weighted by molar-refractivity contribution is 6.35. The van der Waals surface area contributed by atoms with E-state index in [1.807, 2.05) is 33.0 Å². The number of aliphatic hydroxyl groups excluding tert-OH is 2. The minimum absolute atomic E-state index is 0.0129. The van der Waals surface area contributed by atoms with Crippen LogP contribution in [0.2, 0.25) is 5.02 Å². The van der Waals surface area contributed by atoms with E-state index >= 15 is 8.78 Å². The van der Waals surface area contributed by atoms with Crippen molar-refractivity contribution < 1.29 is 47.4 Å². The summed E-state index contributed by atoms with van der Waals surface area (Å²) < 4.78 is 73.6. The molecular weight excluding hydrogens is 1170 g/mol. The summed E-state index contributed by atoms with van der Waals surface area (Å²) in [5.41, 5.74) is 5.28. The summed E-state index contributed by atoms with van der Waals surface area (Å²) in [6.07, 6.45) is 6.46. The zero-order chi connectivity index (χ0) is 61.9. The van der Waals surface area contributed by atoms with Gasteiger partial charge in [-0.2, -0.15) is 15.0 Å². The fourth-order valence-electron chi connectivity index (χ4n) is 11.9. The molecule has 4 atom stereocenters. The molecule has 12 rings (SSSR count). The van der Waals surface area contributed by atoms with Crippen LogP contribution in [0.4, 0.5) is 61.1 Å². The topological polar surface area (TPSA) is 273 Å². The zero-order valence-electron chi connectivity index (χ0n) is 50.6. The van der Waals surface area contributed by atoms with Crippen LogP contribution >= 0.6 is 11.6 Å². The lowest BCUT2D eigenvalue weighted by molar-refractivity contribution is -0.0727. The number of rotatable bonds is 17. The lowest BCUT2D eigenvalue weighted by atomic mass is 9.85. The molecule has 9 heterocycles. The number of aliphatic hydroxyl groups is 2. The first-order chi connectivity index (χ1) is 43.1. The average molecular weight is 1240 g/mol. The fraction of sp³-hybridized carbons (Fsp3) is 0.429. The minimum atomic E-state index is -1.02. The summed E-state index contributed by atoms with van der Waals surface area (Å²) in [5, 5.41) is 47.5. The number of allylic oxidation sites excluding steroid dienone is 1. The number of ether oxygens (including phenoxy) is 6. The van der Waals surface area contributed by atoms with Crippen LogP contribution in [-0.2, 0) is 23.4 Å². The number of nitrogens with one attached hydrogen (secondary N) is 8. The largest absolute Gasteiger partial charge is 0.492 e. The number of aromatic nitrogens is 6. The lowest BCUT2D eigenvalue weighted by Crippen LogP contribution is -2.34. The van der Waals surface area contributed by atoms with Crippen LogP contribution in [0.25, 0.3) is 16.7 Å². The average Bonchev–Trinajstić information content (AvgIpc) is 1.31. The quantitative estimate of drug-likeness (QED) is 0.0409. The van der Waals surface area contributed by atoms with Crippen molar-refractivity contribution in [2.45, 2.75) is 82.9 Å². The highest BCUT2D eigenvalue weighted by Gasteiger charge is 2.40. The van der Waals surface area contributed by atoms with Gasteiger partial charge in [0.25, 0.3) is 0 Å². The van der Waals surface area contributed by atoms with Gasteiger partial charge in [-0.3, -0.25) is 0 Å². The van der Waals surface area contributed by atoms with Gasteiger partial charge in [-0.1, -0.05) is 29.8 Å². The Kier molecular flexibility index (Phi) is 18.2. The second kappa shape index (κ2) is 26.5. The maximum Gasteiger partial charge on any atom is 0.229 e. The van der Waals surface area contributed by atoms with Gasteiger partial charge >= 0.3 is 0 Å². The molecule has 6 aliphatic heterocycles. The predicted octanol–water partition coefficient (Wildman–Crippen LogP) is 8.60. The van der Waals surface area contributed by atoms with E-state index in [4.69, 9.17) is 60.0 Å². The normalized spacial score (nSPS) is 20.9. The monoisotopic (exact) mass is 1240 g/mol. The van der Waals surface area contributed by atoms with Gasteiger partial charge in [0.15, 0.2) is 34.6 Å². The Balaban J connectivity index is 0.834. The number of β-amino-alcohol motifs (C(OH)–C–C–N with tert-alkyl or cyclic N) is 2.